The molecule has 0 saturated heterocycles. The summed E-state index contributed by atoms with van der Waals surface area (Å²) in [7, 11) is 1.74. The van der Waals surface area contributed by atoms with Gasteiger partial charge in [0.15, 0.2) is 5.13 Å². The molecule has 2 rings (SSSR count). The molecule has 0 radical (unpaired) electrons. The first-order chi connectivity index (χ1) is 11.0. The van der Waals surface area contributed by atoms with Crippen LogP contribution < -0.4 is 4.90 Å². The number of rotatable bonds is 5. The summed E-state index contributed by atoms with van der Waals surface area (Å²) in [6.07, 6.45) is 3.15. The minimum absolute atomic E-state index is 0.0754. The van der Waals surface area contributed by atoms with Crippen molar-refractivity contribution in [3.05, 3.63) is 47.5 Å². The van der Waals surface area contributed by atoms with Gasteiger partial charge in [0.25, 0.3) is 0 Å². The standard InChI is InChI=1S/C17H19N3O2S/c1-4-19(3)16(22)11-10-14-12-23-17(18-14)20(13(2)21)15-8-6-5-7-9-15/h5-12H,4H2,1-3H3/b11-10+. The fourth-order valence-electron chi connectivity index (χ4n) is 1.90. The van der Waals surface area contributed by atoms with Crippen molar-refractivity contribution in [1.82, 2.24) is 9.88 Å². The van der Waals surface area contributed by atoms with Gasteiger partial charge in [0.2, 0.25) is 11.8 Å². The van der Waals surface area contributed by atoms with Crippen LogP contribution in [0.1, 0.15) is 19.5 Å². The van der Waals surface area contributed by atoms with Crippen LogP contribution in [-0.4, -0.2) is 35.3 Å². The maximum Gasteiger partial charge on any atom is 0.246 e. The molecule has 0 fully saturated rings. The van der Waals surface area contributed by atoms with E-state index in [-0.39, 0.29) is 11.8 Å². The summed E-state index contributed by atoms with van der Waals surface area (Å²) in [5.41, 5.74) is 1.43. The van der Waals surface area contributed by atoms with Gasteiger partial charge in [-0.25, -0.2) is 4.98 Å². The minimum atomic E-state index is -0.108. The normalized spacial score (nSPS) is 10.7. The number of anilines is 2. The van der Waals surface area contributed by atoms with Crippen LogP contribution in [0.2, 0.25) is 0 Å². The molecule has 0 aliphatic carbocycles. The predicted molar refractivity (Wildman–Crippen MR) is 93.7 cm³/mol. The fourth-order valence-corrected chi connectivity index (χ4v) is 2.75. The second-order valence-electron chi connectivity index (χ2n) is 4.93. The minimum Gasteiger partial charge on any atom is -0.343 e. The van der Waals surface area contributed by atoms with E-state index < -0.39 is 0 Å². The number of likely N-dealkylation sites (N-methyl/N-ethyl adjacent to an activating group) is 1. The Hall–Kier alpha value is -2.47. The summed E-state index contributed by atoms with van der Waals surface area (Å²) in [5, 5.41) is 2.41. The van der Waals surface area contributed by atoms with Crippen LogP contribution in [0.3, 0.4) is 0 Å². The van der Waals surface area contributed by atoms with E-state index >= 15 is 0 Å². The number of amides is 2. The van der Waals surface area contributed by atoms with Gasteiger partial charge in [-0.15, -0.1) is 11.3 Å². The molecule has 5 nitrogen and oxygen atoms in total. The van der Waals surface area contributed by atoms with Crippen LogP contribution in [0.25, 0.3) is 6.08 Å². The Morgan fingerprint density at radius 1 is 1.26 bits per heavy atom. The van der Waals surface area contributed by atoms with Gasteiger partial charge in [-0.05, 0) is 25.1 Å². The number of benzene rings is 1. The topological polar surface area (TPSA) is 53.5 Å². The lowest BCUT2D eigenvalue weighted by atomic mass is 10.3. The number of hydrogen-bond acceptors (Lipinski definition) is 4. The molecule has 0 aliphatic rings. The average molecular weight is 329 g/mol. The van der Waals surface area contributed by atoms with Crippen molar-refractivity contribution in [1.29, 1.82) is 0 Å². The number of thiazole rings is 1. The van der Waals surface area contributed by atoms with Gasteiger partial charge < -0.3 is 4.90 Å². The third-order valence-corrected chi connectivity index (χ3v) is 4.12. The number of hydrogen-bond donors (Lipinski definition) is 0. The van der Waals surface area contributed by atoms with Crippen molar-refractivity contribution in [2.75, 3.05) is 18.5 Å². The number of para-hydroxylation sites is 1. The molecule has 0 N–H and O–H groups in total. The second kappa shape index (κ2) is 7.69. The Labute approximate surface area is 139 Å². The number of nitrogens with zero attached hydrogens (tertiary/aromatic N) is 3. The maximum atomic E-state index is 12.0. The molecule has 6 heteroatoms. The zero-order valence-corrected chi connectivity index (χ0v) is 14.2. The Morgan fingerprint density at radius 2 is 1.96 bits per heavy atom. The van der Waals surface area contributed by atoms with E-state index in [1.165, 1.54) is 24.3 Å². The monoisotopic (exact) mass is 329 g/mol. The molecule has 2 amide bonds. The molecule has 1 aromatic carbocycles. The highest BCUT2D eigenvalue weighted by atomic mass is 32.1. The lowest BCUT2D eigenvalue weighted by Gasteiger charge is -2.17. The van der Waals surface area contributed by atoms with E-state index in [0.717, 1.165) is 5.69 Å². The highest BCUT2D eigenvalue weighted by Gasteiger charge is 2.17. The van der Waals surface area contributed by atoms with Crippen molar-refractivity contribution in [3.8, 4) is 0 Å². The van der Waals surface area contributed by atoms with E-state index in [1.54, 1.807) is 22.9 Å². The van der Waals surface area contributed by atoms with E-state index in [2.05, 4.69) is 4.98 Å². The first kappa shape index (κ1) is 16.9. The molecule has 2 aromatic rings. The van der Waals surface area contributed by atoms with Gasteiger partial charge in [-0.1, -0.05) is 18.2 Å². The molecule has 23 heavy (non-hydrogen) atoms. The third kappa shape index (κ3) is 4.26. The smallest absolute Gasteiger partial charge is 0.246 e. The van der Waals surface area contributed by atoms with Crippen molar-refractivity contribution in [2.45, 2.75) is 13.8 Å². The van der Waals surface area contributed by atoms with Crippen molar-refractivity contribution >= 4 is 40.0 Å². The lowest BCUT2D eigenvalue weighted by molar-refractivity contribution is -0.124. The summed E-state index contributed by atoms with van der Waals surface area (Å²) >= 11 is 1.36. The van der Waals surface area contributed by atoms with Gasteiger partial charge in [-0.2, -0.15) is 0 Å². The molecule has 0 aliphatic heterocycles. The van der Waals surface area contributed by atoms with E-state index in [9.17, 15) is 9.59 Å². The largest absolute Gasteiger partial charge is 0.343 e. The van der Waals surface area contributed by atoms with Gasteiger partial charge in [0.1, 0.15) is 0 Å². The van der Waals surface area contributed by atoms with E-state index in [4.69, 9.17) is 0 Å². The molecule has 1 heterocycles. The quantitative estimate of drug-likeness (QED) is 0.791. The fraction of sp³-hybridized carbons (Fsp3) is 0.235. The summed E-state index contributed by atoms with van der Waals surface area (Å²) < 4.78 is 0. The molecule has 1 aromatic heterocycles. The van der Waals surface area contributed by atoms with Crippen LogP contribution in [0, 0.1) is 0 Å². The SMILES string of the molecule is CCN(C)C(=O)/C=C/c1csc(N(C(C)=O)c2ccccc2)n1. The Morgan fingerprint density at radius 3 is 2.57 bits per heavy atom. The van der Waals surface area contributed by atoms with E-state index in [1.807, 2.05) is 42.6 Å². The predicted octanol–water partition coefficient (Wildman–Crippen LogP) is 3.32. The second-order valence-corrected chi connectivity index (χ2v) is 5.77. The number of carbonyl (C=O) groups excluding carboxylic acids is 2. The first-order valence-electron chi connectivity index (χ1n) is 7.27. The molecule has 0 bridgehead atoms. The number of carbonyl (C=O) groups is 2. The summed E-state index contributed by atoms with van der Waals surface area (Å²) in [4.78, 5) is 31.3. The van der Waals surface area contributed by atoms with E-state index in [0.29, 0.717) is 17.4 Å². The van der Waals surface area contributed by atoms with Crippen LogP contribution in [-0.2, 0) is 9.59 Å². The molecule has 0 saturated carbocycles. The third-order valence-electron chi connectivity index (χ3n) is 3.28. The van der Waals surface area contributed by atoms with Crippen molar-refractivity contribution in [2.24, 2.45) is 0 Å². The molecular formula is C17H19N3O2S. The van der Waals surface area contributed by atoms with Gasteiger partial charge in [0, 0.05) is 32.0 Å². The van der Waals surface area contributed by atoms with Crippen molar-refractivity contribution < 1.29 is 9.59 Å². The summed E-state index contributed by atoms with van der Waals surface area (Å²) in [6.45, 7) is 4.07. The Bertz CT molecular complexity index is 710. The van der Waals surface area contributed by atoms with Gasteiger partial charge in [0.05, 0.1) is 11.4 Å². The summed E-state index contributed by atoms with van der Waals surface area (Å²) in [5.74, 6) is -0.184. The highest BCUT2D eigenvalue weighted by Crippen LogP contribution is 2.28. The van der Waals surface area contributed by atoms with Gasteiger partial charge in [-0.3, -0.25) is 14.5 Å². The van der Waals surface area contributed by atoms with Crippen LogP contribution in [0.5, 0.6) is 0 Å². The number of aromatic nitrogens is 1. The van der Waals surface area contributed by atoms with Crippen LogP contribution >= 0.6 is 11.3 Å². The zero-order valence-electron chi connectivity index (χ0n) is 13.4. The molecule has 0 unspecified atom stereocenters. The van der Waals surface area contributed by atoms with Crippen LogP contribution in [0.4, 0.5) is 10.8 Å². The van der Waals surface area contributed by atoms with Crippen LogP contribution in [0.15, 0.2) is 41.8 Å². The molecule has 0 spiro atoms. The maximum absolute atomic E-state index is 12.0. The average Bonchev–Trinajstić information content (AvgIpc) is 3.01. The zero-order chi connectivity index (χ0) is 16.8. The summed E-state index contributed by atoms with van der Waals surface area (Å²) in [6, 6.07) is 9.36. The Kier molecular flexibility index (Phi) is 5.65. The highest BCUT2D eigenvalue weighted by molar-refractivity contribution is 7.14. The lowest BCUT2D eigenvalue weighted by Crippen LogP contribution is -2.23. The van der Waals surface area contributed by atoms with Crippen molar-refractivity contribution in [3.63, 3.8) is 0 Å². The Balaban J connectivity index is 2.21. The van der Waals surface area contributed by atoms with Gasteiger partial charge >= 0.3 is 0 Å². The molecule has 0 atom stereocenters. The molecular weight excluding hydrogens is 310 g/mol. The molecule has 120 valence electrons. The first-order valence-corrected chi connectivity index (χ1v) is 8.15.